The van der Waals surface area contributed by atoms with E-state index in [2.05, 4.69) is 4.98 Å². The molecule has 0 amide bonds. The van der Waals surface area contributed by atoms with Gasteiger partial charge >= 0.3 is 0 Å². The fourth-order valence-corrected chi connectivity index (χ4v) is 2.00. The lowest BCUT2D eigenvalue weighted by atomic mass is 10.2. The van der Waals surface area contributed by atoms with Gasteiger partial charge in [0.1, 0.15) is 16.6 Å². The zero-order chi connectivity index (χ0) is 10.1. The van der Waals surface area contributed by atoms with Crippen molar-refractivity contribution in [2.45, 2.75) is 6.92 Å². The highest BCUT2D eigenvalue weighted by Crippen LogP contribution is 2.30. The molecule has 1 aromatic carbocycles. The van der Waals surface area contributed by atoms with Crippen molar-refractivity contribution in [2.75, 3.05) is 5.73 Å². The molecule has 2 aromatic rings. The maximum atomic E-state index is 9.30. The molecule has 3 N–H and O–H groups in total. The Morgan fingerprint density at radius 1 is 1.43 bits per heavy atom. The average molecular weight is 206 g/mol. The first-order valence-electron chi connectivity index (χ1n) is 4.19. The van der Waals surface area contributed by atoms with Crippen molar-refractivity contribution in [3.05, 3.63) is 29.1 Å². The molecule has 0 aliphatic rings. The normalized spacial score (nSPS) is 10.4. The lowest BCUT2D eigenvalue weighted by Crippen LogP contribution is -1.85. The van der Waals surface area contributed by atoms with E-state index in [0.29, 0.717) is 5.82 Å². The molecule has 2 rings (SSSR count). The molecule has 4 heteroatoms. The first-order chi connectivity index (χ1) is 6.66. The minimum atomic E-state index is 0.244. The highest BCUT2D eigenvalue weighted by atomic mass is 32.1. The Kier molecular flexibility index (Phi) is 2.13. The number of thiazole rings is 1. The van der Waals surface area contributed by atoms with Crippen LogP contribution in [0.15, 0.2) is 24.3 Å². The van der Waals surface area contributed by atoms with Crippen molar-refractivity contribution in [1.29, 1.82) is 0 Å². The Hall–Kier alpha value is -1.55. The van der Waals surface area contributed by atoms with E-state index in [1.165, 1.54) is 11.3 Å². The van der Waals surface area contributed by atoms with E-state index < -0.39 is 0 Å². The van der Waals surface area contributed by atoms with Crippen molar-refractivity contribution in [3.8, 4) is 16.3 Å². The van der Waals surface area contributed by atoms with E-state index >= 15 is 0 Å². The van der Waals surface area contributed by atoms with Crippen LogP contribution in [0.4, 0.5) is 5.82 Å². The quantitative estimate of drug-likeness (QED) is 0.753. The van der Waals surface area contributed by atoms with Crippen LogP contribution in [0, 0.1) is 6.92 Å². The summed E-state index contributed by atoms with van der Waals surface area (Å²) in [5.41, 5.74) is 6.55. The van der Waals surface area contributed by atoms with Crippen LogP contribution in [-0.2, 0) is 0 Å². The number of aryl methyl sites for hydroxylation is 1. The van der Waals surface area contributed by atoms with Crippen LogP contribution in [0.1, 0.15) is 4.88 Å². The highest BCUT2D eigenvalue weighted by Gasteiger charge is 2.06. The third-order valence-electron chi connectivity index (χ3n) is 1.93. The zero-order valence-corrected chi connectivity index (χ0v) is 8.51. The van der Waals surface area contributed by atoms with Gasteiger partial charge in [-0.15, -0.1) is 11.3 Å². The minimum Gasteiger partial charge on any atom is -0.508 e. The van der Waals surface area contributed by atoms with Crippen LogP contribution in [-0.4, -0.2) is 10.1 Å². The number of nitrogen functional groups attached to an aromatic ring is 1. The van der Waals surface area contributed by atoms with Crippen molar-refractivity contribution >= 4 is 17.2 Å². The number of phenolic OH excluding ortho intramolecular Hbond substituents is 1. The molecule has 0 fully saturated rings. The van der Waals surface area contributed by atoms with Gasteiger partial charge in [-0.2, -0.15) is 0 Å². The maximum absolute atomic E-state index is 9.30. The lowest BCUT2D eigenvalue weighted by Gasteiger charge is -1.95. The monoisotopic (exact) mass is 206 g/mol. The number of aromatic nitrogens is 1. The summed E-state index contributed by atoms with van der Waals surface area (Å²) in [6, 6.07) is 7.00. The number of rotatable bonds is 1. The lowest BCUT2D eigenvalue weighted by molar-refractivity contribution is 0.475. The predicted molar refractivity (Wildman–Crippen MR) is 58.4 cm³/mol. The van der Waals surface area contributed by atoms with Gasteiger partial charge in [-0.1, -0.05) is 12.1 Å². The summed E-state index contributed by atoms with van der Waals surface area (Å²) >= 11 is 1.53. The third-order valence-corrected chi connectivity index (χ3v) is 2.96. The topological polar surface area (TPSA) is 59.1 Å². The summed E-state index contributed by atoms with van der Waals surface area (Å²) in [6.07, 6.45) is 0. The molecule has 1 aromatic heterocycles. The number of anilines is 1. The van der Waals surface area contributed by atoms with Gasteiger partial charge < -0.3 is 10.8 Å². The molecular weight excluding hydrogens is 196 g/mol. The number of nitrogens with two attached hydrogens (primary N) is 1. The van der Waals surface area contributed by atoms with Gasteiger partial charge in [-0.3, -0.25) is 0 Å². The summed E-state index contributed by atoms with van der Waals surface area (Å²) < 4.78 is 0. The van der Waals surface area contributed by atoms with Crippen LogP contribution < -0.4 is 5.73 Å². The first-order valence-corrected chi connectivity index (χ1v) is 5.01. The number of aromatic hydroxyl groups is 1. The number of nitrogens with zero attached hydrogens (tertiary/aromatic N) is 1. The summed E-state index contributed by atoms with van der Waals surface area (Å²) in [7, 11) is 0. The average Bonchev–Trinajstić information content (AvgIpc) is 2.47. The molecular formula is C10H10N2OS. The largest absolute Gasteiger partial charge is 0.508 e. The van der Waals surface area contributed by atoms with Gasteiger partial charge in [0.15, 0.2) is 0 Å². The zero-order valence-electron chi connectivity index (χ0n) is 7.69. The molecule has 0 unspecified atom stereocenters. The molecule has 0 spiro atoms. The summed E-state index contributed by atoms with van der Waals surface area (Å²) in [4.78, 5) is 5.21. The molecule has 0 saturated heterocycles. The van der Waals surface area contributed by atoms with Gasteiger partial charge in [-0.05, 0) is 19.1 Å². The van der Waals surface area contributed by atoms with Gasteiger partial charge in [0.2, 0.25) is 0 Å². The summed E-state index contributed by atoms with van der Waals surface area (Å²) in [5, 5.41) is 10.1. The molecule has 0 aliphatic heterocycles. The van der Waals surface area contributed by atoms with Crippen molar-refractivity contribution < 1.29 is 5.11 Å². The first kappa shape index (κ1) is 9.02. The molecule has 14 heavy (non-hydrogen) atoms. The van der Waals surface area contributed by atoms with Gasteiger partial charge in [-0.25, -0.2) is 4.98 Å². The predicted octanol–water partition coefficient (Wildman–Crippen LogP) is 2.41. The van der Waals surface area contributed by atoms with Crippen LogP contribution in [0.3, 0.4) is 0 Å². The van der Waals surface area contributed by atoms with E-state index in [-0.39, 0.29) is 5.75 Å². The molecule has 0 bridgehead atoms. The van der Waals surface area contributed by atoms with Crippen molar-refractivity contribution in [3.63, 3.8) is 0 Å². The van der Waals surface area contributed by atoms with Crippen molar-refractivity contribution in [1.82, 2.24) is 4.98 Å². The van der Waals surface area contributed by atoms with Crippen LogP contribution in [0.5, 0.6) is 5.75 Å². The second kappa shape index (κ2) is 3.31. The summed E-state index contributed by atoms with van der Waals surface area (Å²) in [5.74, 6) is 0.808. The second-order valence-corrected chi connectivity index (χ2v) is 4.21. The smallest absolute Gasteiger partial charge is 0.138 e. The number of hydrogen-bond donors (Lipinski definition) is 2. The number of phenols is 1. The molecule has 1 heterocycles. The van der Waals surface area contributed by atoms with E-state index in [1.54, 1.807) is 18.2 Å². The van der Waals surface area contributed by atoms with E-state index in [9.17, 15) is 5.11 Å². The van der Waals surface area contributed by atoms with E-state index in [1.807, 2.05) is 13.0 Å². The Morgan fingerprint density at radius 2 is 2.21 bits per heavy atom. The van der Waals surface area contributed by atoms with Crippen LogP contribution in [0.25, 0.3) is 10.6 Å². The van der Waals surface area contributed by atoms with E-state index in [0.717, 1.165) is 15.4 Å². The Morgan fingerprint density at radius 3 is 2.79 bits per heavy atom. The Bertz CT molecular complexity index is 445. The maximum Gasteiger partial charge on any atom is 0.138 e. The fraction of sp³-hybridized carbons (Fsp3) is 0.100. The molecule has 0 atom stereocenters. The van der Waals surface area contributed by atoms with Crippen LogP contribution in [0.2, 0.25) is 0 Å². The highest BCUT2D eigenvalue weighted by molar-refractivity contribution is 7.15. The Balaban J connectivity index is 2.49. The van der Waals surface area contributed by atoms with Gasteiger partial charge in [0.25, 0.3) is 0 Å². The SMILES string of the molecule is Cc1sc(-c2cccc(O)c2)nc1N. The Labute approximate surface area is 85.8 Å². The molecule has 3 nitrogen and oxygen atoms in total. The third kappa shape index (κ3) is 1.56. The van der Waals surface area contributed by atoms with Gasteiger partial charge in [0, 0.05) is 10.4 Å². The second-order valence-electron chi connectivity index (χ2n) is 3.01. The molecule has 0 radical (unpaired) electrons. The molecule has 0 aliphatic carbocycles. The fourth-order valence-electron chi connectivity index (χ4n) is 1.17. The van der Waals surface area contributed by atoms with Crippen LogP contribution >= 0.6 is 11.3 Å². The molecule has 72 valence electrons. The van der Waals surface area contributed by atoms with E-state index in [4.69, 9.17) is 5.73 Å². The molecule has 0 saturated carbocycles. The standard InChI is InChI=1S/C10H10N2OS/c1-6-9(11)12-10(14-6)7-3-2-4-8(13)5-7/h2-5,13H,11H2,1H3. The number of benzene rings is 1. The summed E-state index contributed by atoms with van der Waals surface area (Å²) in [6.45, 7) is 1.93. The number of hydrogen-bond acceptors (Lipinski definition) is 4. The van der Waals surface area contributed by atoms with Gasteiger partial charge in [0.05, 0.1) is 0 Å². The minimum absolute atomic E-state index is 0.244. The van der Waals surface area contributed by atoms with Crippen molar-refractivity contribution in [2.24, 2.45) is 0 Å².